The lowest BCUT2D eigenvalue weighted by atomic mass is 10.00. The van der Waals surface area contributed by atoms with Crippen LogP contribution in [0.4, 0.5) is 0 Å². The second-order valence-corrected chi connectivity index (χ2v) is 5.25. The summed E-state index contributed by atoms with van der Waals surface area (Å²) < 4.78 is 10.0. The fourth-order valence-electron chi connectivity index (χ4n) is 2.69. The highest BCUT2D eigenvalue weighted by Gasteiger charge is 2.35. The van der Waals surface area contributed by atoms with Crippen LogP contribution in [0.3, 0.4) is 0 Å². The van der Waals surface area contributed by atoms with Gasteiger partial charge in [-0.3, -0.25) is 14.5 Å². The standard InChI is InChI=1S/C15H22N2O4/c1-11(14(18)16-10-12-6-5-9-21-12)17-8-4-3-7-13(17)15(19)20-2/h5-6,9,11,13H,3-4,7-8,10H2,1-2H3,(H,16,18). The van der Waals surface area contributed by atoms with Crippen molar-refractivity contribution >= 4 is 11.9 Å². The van der Waals surface area contributed by atoms with Gasteiger partial charge in [0.15, 0.2) is 0 Å². The smallest absolute Gasteiger partial charge is 0.323 e. The summed E-state index contributed by atoms with van der Waals surface area (Å²) in [6, 6.07) is 2.89. The van der Waals surface area contributed by atoms with E-state index in [0.717, 1.165) is 25.8 Å². The molecule has 1 amide bonds. The van der Waals surface area contributed by atoms with Gasteiger partial charge in [0.25, 0.3) is 0 Å². The molecule has 0 aromatic carbocycles. The molecule has 1 saturated heterocycles. The minimum absolute atomic E-state index is 0.109. The quantitative estimate of drug-likeness (QED) is 0.829. The average Bonchev–Trinajstić information content (AvgIpc) is 3.04. The van der Waals surface area contributed by atoms with Gasteiger partial charge in [-0.1, -0.05) is 6.42 Å². The molecule has 6 heteroatoms. The third-order valence-corrected chi connectivity index (χ3v) is 3.91. The molecule has 6 nitrogen and oxygen atoms in total. The van der Waals surface area contributed by atoms with Crippen LogP contribution in [-0.4, -0.2) is 42.5 Å². The lowest BCUT2D eigenvalue weighted by Gasteiger charge is -2.37. The molecule has 1 aliphatic heterocycles. The van der Waals surface area contributed by atoms with Crippen molar-refractivity contribution < 1.29 is 18.7 Å². The first-order chi connectivity index (χ1) is 10.1. The molecule has 1 aromatic heterocycles. The summed E-state index contributed by atoms with van der Waals surface area (Å²) in [6.07, 6.45) is 4.28. The number of nitrogens with zero attached hydrogens (tertiary/aromatic N) is 1. The van der Waals surface area contributed by atoms with Crippen molar-refractivity contribution in [3.8, 4) is 0 Å². The molecule has 0 saturated carbocycles. The molecule has 0 bridgehead atoms. The Bertz CT molecular complexity index is 472. The molecule has 2 rings (SSSR count). The van der Waals surface area contributed by atoms with Crippen molar-refractivity contribution in [3.63, 3.8) is 0 Å². The fraction of sp³-hybridized carbons (Fsp3) is 0.600. The Hall–Kier alpha value is -1.82. The summed E-state index contributed by atoms with van der Waals surface area (Å²) in [5.74, 6) is 0.335. The molecule has 1 aromatic rings. The van der Waals surface area contributed by atoms with Crippen LogP contribution < -0.4 is 5.32 Å². The van der Waals surface area contributed by atoms with Crippen molar-refractivity contribution in [2.24, 2.45) is 0 Å². The number of carbonyl (C=O) groups is 2. The summed E-state index contributed by atoms with van der Waals surface area (Å²) in [4.78, 5) is 26.0. The van der Waals surface area contributed by atoms with E-state index in [4.69, 9.17) is 9.15 Å². The summed E-state index contributed by atoms with van der Waals surface area (Å²) in [5.41, 5.74) is 0. The van der Waals surface area contributed by atoms with Crippen LogP contribution in [0.25, 0.3) is 0 Å². The first kappa shape index (κ1) is 15.6. The van der Waals surface area contributed by atoms with Gasteiger partial charge < -0.3 is 14.5 Å². The van der Waals surface area contributed by atoms with Gasteiger partial charge in [0.2, 0.25) is 5.91 Å². The van der Waals surface area contributed by atoms with Gasteiger partial charge in [-0.25, -0.2) is 0 Å². The molecule has 0 aliphatic carbocycles. The van der Waals surface area contributed by atoms with Gasteiger partial charge in [0, 0.05) is 0 Å². The maximum Gasteiger partial charge on any atom is 0.323 e. The van der Waals surface area contributed by atoms with E-state index >= 15 is 0 Å². The largest absolute Gasteiger partial charge is 0.468 e. The van der Waals surface area contributed by atoms with E-state index in [-0.39, 0.29) is 24.0 Å². The number of piperidine rings is 1. The van der Waals surface area contributed by atoms with E-state index < -0.39 is 0 Å². The number of ether oxygens (including phenoxy) is 1. The molecule has 21 heavy (non-hydrogen) atoms. The number of likely N-dealkylation sites (tertiary alicyclic amines) is 1. The van der Waals surface area contributed by atoms with Crippen LogP contribution in [0, 0.1) is 0 Å². The van der Waals surface area contributed by atoms with Crippen molar-refractivity contribution in [1.29, 1.82) is 0 Å². The van der Waals surface area contributed by atoms with Gasteiger partial charge in [-0.15, -0.1) is 0 Å². The van der Waals surface area contributed by atoms with Crippen LogP contribution in [0.2, 0.25) is 0 Å². The SMILES string of the molecule is COC(=O)C1CCCCN1C(C)C(=O)NCc1ccco1. The maximum absolute atomic E-state index is 12.2. The minimum Gasteiger partial charge on any atom is -0.468 e. The summed E-state index contributed by atoms with van der Waals surface area (Å²) >= 11 is 0. The Morgan fingerprint density at radius 3 is 3.00 bits per heavy atom. The van der Waals surface area contributed by atoms with E-state index in [2.05, 4.69) is 5.32 Å². The van der Waals surface area contributed by atoms with Gasteiger partial charge in [-0.2, -0.15) is 0 Å². The zero-order valence-electron chi connectivity index (χ0n) is 12.5. The molecule has 1 fully saturated rings. The van der Waals surface area contributed by atoms with Crippen LogP contribution >= 0.6 is 0 Å². The van der Waals surface area contributed by atoms with Crippen LogP contribution in [0.1, 0.15) is 31.9 Å². The Morgan fingerprint density at radius 2 is 2.33 bits per heavy atom. The molecule has 116 valence electrons. The number of hydrogen-bond donors (Lipinski definition) is 1. The third-order valence-electron chi connectivity index (χ3n) is 3.91. The van der Waals surface area contributed by atoms with E-state index in [9.17, 15) is 9.59 Å². The molecular formula is C15H22N2O4. The zero-order valence-corrected chi connectivity index (χ0v) is 12.5. The normalized spacial score (nSPS) is 20.8. The molecule has 2 heterocycles. The topological polar surface area (TPSA) is 71.8 Å². The summed E-state index contributed by atoms with van der Waals surface area (Å²) in [6.45, 7) is 2.90. The summed E-state index contributed by atoms with van der Waals surface area (Å²) in [5, 5.41) is 2.83. The van der Waals surface area contributed by atoms with E-state index in [1.807, 2.05) is 17.9 Å². The van der Waals surface area contributed by atoms with Crippen LogP contribution in [0.15, 0.2) is 22.8 Å². The van der Waals surface area contributed by atoms with Gasteiger partial charge in [0.05, 0.1) is 26.0 Å². The molecule has 2 unspecified atom stereocenters. The monoisotopic (exact) mass is 294 g/mol. The second kappa shape index (κ2) is 7.26. The number of nitrogens with one attached hydrogen (secondary N) is 1. The van der Waals surface area contributed by atoms with E-state index in [0.29, 0.717) is 12.3 Å². The highest BCUT2D eigenvalue weighted by atomic mass is 16.5. The first-order valence-electron chi connectivity index (χ1n) is 7.27. The molecule has 1 N–H and O–H groups in total. The van der Waals surface area contributed by atoms with Crippen molar-refractivity contribution in [2.75, 3.05) is 13.7 Å². The molecule has 0 radical (unpaired) electrons. The molecule has 1 aliphatic rings. The number of carbonyl (C=O) groups excluding carboxylic acids is 2. The van der Waals surface area contributed by atoms with Crippen LogP contribution in [-0.2, 0) is 20.9 Å². The number of furan rings is 1. The van der Waals surface area contributed by atoms with Crippen molar-refractivity contribution in [3.05, 3.63) is 24.2 Å². The average molecular weight is 294 g/mol. The number of amides is 1. The first-order valence-corrected chi connectivity index (χ1v) is 7.27. The predicted molar refractivity (Wildman–Crippen MR) is 76.4 cm³/mol. The van der Waals surface area contributed by atoms with Gasteiger partial charge in [0.1, 0.15) is 11.8 Å². The Balaban J connectivity index is 1.94. The van der Waals surface area contributed by atoms with Crippen molar-refractivity contribution in [2.45, 2.75) is 44.8 Å². The predicted octanol–water partition coefficient (Wildman–Crippen LogP) is 1.31. The lowest BCUT2D eigenvalue weighted by molar-refractivity contribution is -0.150. The molecular weight excluding hydrogens is 272 g/mol. The molecule has 2 atom stereocenters. The number of methoxy groups -OCH3 is 1. The van der Waals surface area contributed by atoms with E-state index in [1.165, 1.54) is 7.11 Å². The number of rotatable bonds is 5. The zero-order chi connectivity index (χ0) is 15.2. The highest BCUT2D eigenvalue weighted by Crippen LogP contribution is 2.20. The molecule has 0 spiro atoms. The fourth-order valence-corrected chi connectivity index (χ4v) is 2.69. The van der Waals surface area contributed by atoms with Gasteiger partial charge >= 0.3 is 5.97 Å². The lowest BCUT2D eigenvalue weighted by Crippen LogP contribution is -2.54. The van der Waals surface area contributed by atoms with E-state index in [1.54, 1.807) is 12.3 Å². The van der Waals surface area contributed by atoms with Crippen LogP contribution in [0.5, 0.6) is 0 Å². The Kier molecular flexibility index (Phi) is 5.38. The maximum atomic E-state index is 12.2. The second-order valence-electron chi connectivity index (χ2n) is 5.25. The minimum atomic E-state index is -0.371. The van der Waals surface area contributed by atoms with Gasteiger partial charge in [-0.05, 0) is 38.4 Å². The summed E-state index contributed by atoms with van der Waals surface area (Å²) in [7, 11) is 1.39. The Labute approximate surface area is 124 Å². The third kappa shape index (κ3) is 3.85. The number of esters is 1. The Morgan fingerprint density at radius 1 is 1.52 bits per heavy atom. The van der Waals surface area contributed by atoms with Crippen molar-refractivity contribution in [1.82, 2.24) is 10.2 Å². The number of hydrogen-bond acceptors (Lipinski definition) is 5. The highest BCUT2D eigenvalue weighted by molar-refractivity contribution is 5.83.